The molecule has 0 amide bonds. The molecule has 2 spiro atoms. The first-order chi connectivity index (χ1) is 15.8. The fourth-order valence-electron chi connectivity index (χ4n) is 9.27. The first-order valence-corrected chi connectivity index (χ1v) is 12.7. The number of esters is 1. The van der Waals surface area contributed by atoms with E-state index in [9.17, 15) is 9.90 Å². The number of fused-ring (bicyclic) bond motifs is 5. The molecule has 0 aromatic carbocycles. The third-order valence-corrected chi connectivity index (χ3v) is 10.8. The molecule has 0 aromatic rings. The molecule has 6 aliphatic rings. The highest BCUT2D eigenvalue weighted by Crippen LogP contribution is 2.69. The van der Waals surface area contributed by atoms with Crippen molar-refractivity contribution in [2.45, 2.75) is 69.4 Å². The molecule has 7 nitrogen and oxygen atoms in total. The Bertz CT molecular complexity index is 850. The van der Waals surface area contributed by atoms with Crippen LogP contribution in [0.4, 0.5) is 0 Å². The molecular weight excluding hydrogens is 424 g/mol. The van der Waals surface area contributed by atoms with Crippen molar-refractivity contribution in [1.82, 2.24) is 0 Å². The minimum atomic E-state index is -1.21. The number of carbonyl (C=O) groups is 1. The first kappa shape index (κ1) is 22.5. The lowest BCUT2D eigenvalue weighted by Crippen LogP contribution is -2.63. The molecular formula is C26H38O7. The average molecular weight is 463 g/mol. The van der Waals surface area contributed by atoms with E-state index in [2.05, 4.69) is 13.0 Å². The Morgan fingerprint density at radius 2 is 1.94 bits per heavy atom. The van der Waals surface area contributed by atoms with Gasteiger partial charge in [0.2, 0.25) is 0 Å². The zero-order chi connectivity index (χ0) is 23.1. The lowest BCUT2D eigenvalue weighted by Gasteiger charge is -2.63. The van der Waals surface area contributed by atoms with E-state index in [-0.39, 0.29) is 16.7 Å². The van der Waals surface area contributed by atoms with Crippen molar-refractivity contribution in [3.05, 3.63) is 11.6 Å². The fraction of sp³-hybridized carbons (Fsp3) is 0.885. The van der Waals surface area contributed by atoms with Crippen LogP contribution in [-0.4, -0.2) is 69.2 Å². The van der Waals surface area contributed by atoms with Crippen LogP contribution < -0.4 is 0 Å². The maximum absolute atomic E-state index is 12.5. The third-order valence-electron chi connectivity index (χ3n) is 10.8. The molecule has 33 heavy (non-hydrogen) atoms. The summed E-state index contributed by atoms with van der Waals surface area (Å²) in [6.45, 7) is 5.01. The zero-order valence-electron chi connectivity index (χ0n) is 20.1. The predicted molar refractivity (Wildman–Crippen MR) is 118 cm³/mol. The highest BCUT2D eigenvalue weighted by Gasteiger charge is 2.69. The number of hydrogen-bond donors (Lipinski definition) is 1. The standard InChI is InChI=1S/C26H38O7/c1-23-8-6-20-18(19(23)7-9-25(23,28)21(29-2)22(27)30-3)5-4-16-13-26(32-10-11-33-26)17-12-24(16,20)15-31-14-17/h4,17-21,28H,5-15H2,1-3H3/t17?,18?,19?,20?,21-,23?,24?,25?/m1/s1. The molecule has 2 bridgehead atoms. The second kappa shape index (κ2) is 7.50. The normalized spacial score (nSPS) is 48.4. The van der Waals surface area contributed by atoms with Crippen molar-refractivity contribution < 1.29 is 33.6 Å². The first-order valence-electron chi connectivity index (χ1n) is 12.7. The molecule has 7 heteroatoms. The Hall–Kier alpha value is -0.990. The number of allylic oxidation sites excluding steroid dienone is 1. The second-order valence-electron chi connectivity index (χ2n) is 11.7. The second-order valence-corrected chi connectivity index (χ2v) is 11.7. The summed E-state index contributed by atoms with van der Waals surface area (Å²) >= 11 is 0. The summed E-state index contributed by atoms with van der Waals surface area (Å²) in [5, 5.41) is 11.9. The summed E-state index contributed by atoms with van der Waals surface area (Å²) < 4.78 is 29.2. The van der Waals surface area contributed by atoms with Crippen LogP contribution in [0.25, 0.3) is 0 Å². The molecule has 5 fully saturated rings. The van der Waals surface area contributed by atoms with Crippen molar-refractivity contribution in [2.75, 3.05) is 40.6 Å². The van der Waals surface area contributed by atoms with Gasteiger partial charge in [-0.2, -0.15) is 0 Å². The van der Waals surface area contributed by atoms with E-state index in [0.717, 1.165) is 45.1 Å². The van der Waals surface area contributed by atoms with E-state index in [1.54, 1.807) is 0 Å². The van der Waals surface area contributed by atoms with Gasteiger partial charge in [-0.25, -0.2) is 4.79 Å². The van der Waals surface area contributed by atoms with Gasteiger partial charge in [0, 0.05) is 30.3 Å². The highest BCUT2D eigenvalue weighted by molar-refractivity contribution is 5.76. The Morgan fingerprint density at radius 3 is 2.67 bits per heavy atom. The van der Waals surface area contributed by atoms with Gasteiger partial charge >= 0.3 is 5.97 Å². The van der Waals surface area contributed by atoms with Crippen LogP contribution in [0.2, 0.25) is 0 Å². The lowest BCUT2D eigenvalue weighted by molar-refractivity contribution is -0.260. The molecule has 8 atom stereocenters. The van der Waals surface area contributed by atoms with Crippen LogP contribution in [-0.2, 0) is 28.5 Å². The summed E-state index contributed by atoms with van der Waals surface area (Å²) in [6.07, 6.45) is 7.83. The number of hydrogen-bond acceptors (Lipinski definition) is 7. The maximum Gasteiger partial charge on any atom is 0.338 e. The Labute approximate surface area is 196 Å². The smallest absolute Gasteiger partial charge is 0.338 e. The largest absolute Gasteiger partial charge is 0.467 e. The zero-order valence-corrected chi connectivity index (χ0v) is 20.1. The summed E-state index contributed by atoms with van der Waals surface area (Å²) in [7, 11) is 2.87. The Kier molecular flexibility index (Phi) is 5.11. The summed E-state index contributed by atoms with van der Waals surface area (Å²) in [5.74, 6) is 0.635. The van der Waals surface area contributed by atoms with Gasteiger partial charge < -0.3 is 28.8 Å². The van der Waals surface area contributed by atoms with E-state index >= 15 is 0 Å². The lowest BCUT2D eigenvalue weighted by atomic mass is 9.45. The van der Waals surface area contributed by atoms with Crippen molar-refractivity contribution in [3.63, 3.8) is 0 Å². The van der Waals surface area contributed by atoms with Crippen molar-refractivity contribution in [2.24, 2.45) is 34.5 Å². The summed E-state index contributed by atoms with van der Waals surface area (Å²) in [5.41, 5.74) is -0.0621. The van der Waals surface area contributed by atoms with Crippen LogP contribution >= 0.6 is 0 Å². The minimum absolute atomic E-state index is 0.0530. The molecule has 3 saturated carbocycles. The van der Waals surface area contributed by atoms with Gasteiger partial charge in [-0.15, -0.1) is 0 Å². The topological polar surface area (TPSA) is 83.5 Å². The molecule has 184 valence electrons. The van der Waals surface area contributed by atoms with Crippen LogP contribution in [0, 0.1) is 34.5 Å². The number of ether oxygens (including phenoxy) is 5. The maximum atomic E-state index is 12.5. The average Bonchev–Trinajstić information content (AvgIpc) is 3.39. The van der Waals surface area contributed by atoms with Gasteiger partial charge in [-0.05, 0) is 56.3 Å². The monoisotopic (exact) mass is 462 g/mol. The minimum Gasteiger partial charge on any atom is -0.467 e. The molecule has 1 N–H and O–H groups in total. The van der Waals surface area contributed by atoms with Crippen molar-refractivity contribution in [1.29, 1.82) is 0 Å². The van der Waals surface area contributed by atoms with E-state index in [1.165, 1.54) is 19.8 Å². The fourth-order valence-corrected chi connectivity index (χ4v) is 9.27. The summed E-state index contributed by atoms with van der Waals surface area (Å²) in [4.78, 5) is 12.5. The number of aliphatic hydroxyl groups is 1. The van der Waals surface area contributed by atoms with Crippen molar-refractivity contribution >= 4 is 5.97 Å². The quantitative estimate of drug-likeness (QED) is 0.510. The number of methoxy groups -OCH3 is 2. The predicted octanol–water partition coefficient (Wildman–Crippen LogP) is 2.85. The van der Waals surface area contributed by atoms with Gasteiger partial charge in [-0.1, -0.05) is 18.6 Å². The van der Waals surface area contributed by atoms with Gasteiger partial charge in [-0.3, -0.25) is 0 Å². The molecule has 7 unspecified atom stereocenters. The van der Waals surface area contributed by atoms with Crippen LogP contribution in [0.3, 0.4) is 0 Å². The van der Waals surface area contributed by atoms with Crippen molar-refractivity contribution in [3.8, 4) is 0 Å². The molecule has 2 aliphatic heterocycles. The Morgan fingerprint density at radius 1 is 1.18 bits per heavy atom. The van der Waals surface area contributed by atoms with Gasteiger partial charge in [0.1, 0.15) is 5.60 Å². The van der Waals surface area contributed by atoms with E-state index in [4.69, 9.17) is 23.7 Å². The van der Waals surface area contributed by atoms with Gasteiger partial charge in [0.25, 0.3) is 0 Å². The molecule has 2 saturated heterocycles. The molecule has 2 heterocycles. The van der Waals surface area contributed by atoms with E-state index in [1.807, 2.05) is 0 Å². The Balaban J connectivity index is 1.34. The molecule has 6 rings (SSSR count). The van der Waals surface area contributed by atoms with E-state index in [0.29, 0.717) is 44.0 Å². The van der Waals surface area contributed by atoms with Crippen LogP contribution in [0.5, 0.6) is 0 Å². The van der Waals surface area contributed by atoms with E-state index < -0.39 is 23.5 Å². The van der Waals surface area contributed by atoms with Crippen LogP contribution in [0.15, 0.2) is 11.6 Å². The SMILES string of the molecule is COC(=O)[C@@H](OC)C1(O)CCC2C3CC=C4CC5(OCCO5)C5COCC4(C5)C3CCC21C. The van der Waals surface area contributed by atoms with Gasteiger partial charge in [0.05, 0.1) is 33.5 Å². The molecule has 0 radical (unpaired) electrons. The highest BCUT2D eigenvalue weighted by atomic mass is 16.7. The molecule has 4 aliphatic carbocycles. The van der Waals surface area contributed by atoms with Crippen LogP contribution in [0.1, 0.15) is 51.9 Å². The number of rotatable bonds is 3. The molecule has 0 aromatic heterocycles. The van der Waals surface area contributed by atoms with Gasteiger partial charge in [0.15, 0.2) is 11.9 Å². The third kappa shape index (κ3) is 2.77. The summed E-state index contributed by atoms with van der Waals surface area (Å²) in [6, 6.07) is 0. The number of carbonyl (C=O) groups excluding carboxylic acids is 1.